The fraction of sp³-hybridized carbons (Fsp3) is 0.190. The number of para-hydroxylation sites is 1. The van der Waals surface area contributed by atoms with Crippen LogP contribution in [0.15, 0.2) is 65.4 Å². The molecule has 4 aromatic rings. The summed E-state index contributed by atoms with van der Waals surface area (Å²) in [5.74, 6) is -0.0446. The van der Waals surface area contributed by atoms with E-state index in [0.29, 0.717) is 11.3 Å². The summed E-state index contributed by atoms with van der Waals surface area (Å²) >= 11 is 1.67. The Morgan fingerprint density at radius 3 is 2.78 bits per heavy atom. The summed E-state index contributed by atoms with van der Waals surface area (Å²) in [6.07, 6.45) is 3.36. The number of hydrogen-bond donors (Lipinski definition) is 0. The first kappa shape index (κ1) is 16.2. The molecule has 0 unspecified atom stereocenters. The number of thiazole rings is 1. The number of rotatable bonds is 3. The maximum atomic E-state index is 13.3. The Hall–Kier alpha value is -2.99. The second kappa shape index (κ2) is 6.63. The van der Waals surface area contributed by atoms with E-state index in [-0.39, 0.29) is 11.9 Å². The molecule has 1 fully saturated rings. The molecule has 6 heteroatoms. The zero-order valence-electron chi connectivity index (χ0n) is 14.5. The molecule has 0 saturated carbocycles. The average molecular weight is 375 g/mol. The lowest BCUT2D eigenvalue weighted by molar-refractivity contribution is 0.0735. The second-order valence-corrected chi connectivity index (χ2v) is 7.68. The van der Waals surface area contributed by atoms with Crippen molar-refractivity contribution in [2.45, 2.75) is 18.9 Å². The van der Waals surface area contributed by atoms with E-state index < -0.39 is 0 Å². The molecule has 27 heavy (non-hydrogen) atoms. The van der Waals surface area contributed by atoms with Crippen molar-refractivity contribution in [2.75, 3.05) is 6.54 Å². The topological polar surface area (TPSA) is 59.2 Å². The molecule has 1 aliphatic heterocycles. The molecule has 1 aliphatic rings. The number of carbonyl (C=O) groups excluding carboxylic acids is 1. The van der Waals surface area contributed by atoms with Gasteiger partial charge in [0.1, 0.15) is 22.5 Å². The highest BCUT2D eigenvalue weighted by atomic mass is 32.1. The summed E-state index contributed by atoms with van der Waals surface area (Å²) in [4.78, 5) is 20.0. The van der Waals surface area contributed by atoms with Crippen LogP contribution in [0.3, 0.4) is 0 Å². The number of hydrogen-bond acceptors (Lipinski definition) is 5. The van der Waals surface area contributed by atoms with E-state index in [0.717, 1.165) is 40.2 Å². The number of likely N-dealkylation sites (tertiary alicyclic amines) is 1. The fourth-order valence-electron chi connectivity index (χ4n) is 3.65. The first-order valence-corrected chi connectivity index (χ1v) is 9.79. The van der Waals surface area contributed by atoms with E-state index in [2.05, 4.69) is 11.2 Å². The van der Waals surface area contributed by atoms with E-state index in [1.807, 2.05) is 53.4 Å². The lowest BCUT2D eigenvalue weighted by Crippen LogP contribution is -2.30. The molecule has 2 aromatic carbocycles. The molecule has 3 heterocycles. The first-order valence-electron chi connectivity index (χ1n) is 8.97. The number of amides is 1. The first-order chi connectivity index (χ1) is 13.3. The second-order valence-electron chi connectivity index (χ2n) is 6.62. The van der Waals surface area contributed by atoms with E-state index in [1.165, 1.54) is 6.26 Å². The summed E-state index contributed by atoms with van der Waals surface area (Å²) in [5.41, 5.74) is 2.97. The third-order valence-corrected chi connectivity index (χ3v) is 6.09. The third kappa shape index (κ3) is 2.82. The van der Waals surface area contributed by atoms with Crippen molar-refractivity contribution in [3.8, 4) is 11.3 Å². The predicted molar refractivity (Wildman–Crippen MR) is 105 cm³/mol. The quantitative estimate of drug-likeness (QED) is 0.509. The van der Waals surface area contributed by atoms with Crippen LogP contribution in [0.1, 0.15) is 34.2 Å². The molecular weight excluding hydrogens is 358 g/mol. The lowest BCUT2D eigenvalue weighted by atomic mass is 10.1. The smallest absolute Gasteiger partial charge is 0.260 e. The van der Waals surface area contributed by atoms with Crippen molar-refractivity contribution in [1.82, 2.24) is 15.0 Å². The highest BCUT2D eigenvalue weighted by Gasteiger charge is 2.34. The Morgan fingerprint density at radius 2 is 1.93 bits per heavy atom. The van der Waals surface area contributed by atoms with Crippen LogP contribution in [0, 0.1) is 0 Å². The Kier molecular flexibility index (Phi) is 3.98. The standard InChI is InChI=1S/C21H17N3O2S/c25-21(15-13-26-23-19(15)14-7-2-1-3-8-14)24-12-6-10-17(24)20-22-16-9-4-5-11-18(16)27-20/h1-5,7-9,11,13,17H,6,10,12H2/t17-/m1/s1. The highest BCUT2D eigenvalue weighted by Crippen LogP contribution is 2.38. The van der Waals surface area contributed by atoms with Gasteiger partial charge in [-0.2, -0.15) is 0 Å². The van der Waals surface area contributed by atoms with Crippen molar-refractivity contribution in [2.24, 2.45) is 0 Å². The number of benzene rings is 2. The van der Waals surface area contributed by atoms with Gasteiger partial charge in [0, 0.05) is 12.1 Å². The van der Waals surface area contributed by atoms with E-state index >= 15 is 0 Å². The minimum atomic E-state index is -0.0446. The van der Waals surface area contributed by atoms with E-state index in [4.69, 9.17) is 9.51 Å². The molecule has 0 radical (unpaired) electrons. The van der Waals surface area contributed by atoms with Crippen molar-refractivity contribution in [3.63, 3.8) is 0 Å². The van der Waals surface area contributed by atoms with Gasteiger partial charge < -0.3 is 9.42 Å². The van der Waals surface area contributed by atoms with Crippen LogP contribution in [0.2, 0.25) is 0 Å². The molecule has 1 atom stereocenters. The van der Waals surface area contributed by atoms with Crippen molar-refractivity contribution < 1.29 is 9.32 Å². The SMILES string of the molecule is O=C(c1conc1-c1ccccc1)N1CCC[C@@H]1c1nc2ccccc2s1. The predicted octanol–water partition coefficient (Wildman–Crippen LogP) is 4.93. The Bertz CT molecular complexity index is 1070. The highest BCUT2D eigenvalue weighted by molar-refractivity contribution is 7.18. The van der Waals surface area contributed by atoms with Crippen LogP contribution >= 0.6 is 11.3 Å². The minimum absolute atomic E-state index is 0.00780. The third-order valence-electron chi connectivity index (χ3n) is 4.96. The maximum absolute atomic E-state index is 13.3. The van der Waals surface area contributed by atoms with Crippen LogP contribution in [-0.4, -0.2) is 27.5 Å². The van der Waals surface area contributed by atoms with Gasteiger partial charge in [0.05, 0.1) is 16.3 Å². The number of fused-ring (bicyclic) bond motifs is 1. The monoisotopic (exact) mass is 375 g/mol. The molecule has 134 valence electrons. The van der Waals surface area contributed by atoms with Crippen LogP contribution in [-0.2, 0) is 0 Å². The summed E-state index contributed by atoms with van der Waals surface area (Å²) in [5, 5.41) is 5.08. The van der Waals surface area contributed by atoms with Crippen LogP contribution in [0.25, 0.3) is 21.5 Å². The normalized spacial score (nSPS) is 16.9. The van der Waals surface area contributed by atoms with Gasteiger partial charge in [0.15, 0.2) is 0 Å². The summed E-state index contributed by atoms with van der Waals surface area (Å²) in [6, 6.07) is 17.8. The average Bonchev–Trinajstić information content (AvgIpc) is 3.46. The Balaban J connectivity index is 1.49. The molecule has 2 aromatic heterocycles. The maximum Gasteiger partial charge on any atom is 0.260 e. The largest absolute Gasteiger partial charge is 0.363 e. The molecule has 0 bridgehead atoms. The zero-order chi connectivity index (χ0) is 18.2. The van der Waals surface area contributed by atoms with Crippen molar-refractivity contribution in [1.29, 1.82) is 0 Å². The van der Waals surface area contributed by atoms with Gasteiger partial charge in [-0.15, -0.1) is 11.3 Å². The van der Waals surface area contributed by atoms with Gasteiger partial charge in [0.25, 0.3) is 5.91 Å². The summed E-state index contributed by atoms with van der Waals surface area (Å²) in [6.45, 7) is 0.721. The van der Waals surface area contributed by atoms with E-state index in [1.54, 1.807) is 11.3 Å². The summed E-state index contributed by atoms with van der Waals surface area (Å²) < 4.78 is 6.31. The number of nitrogens with zero attached hydrogens (tertiary/aromatic N) is 3. The van der Waals surface area contributed by atoms with Gasteiger partial charge in [-0.3, -0.25) is 4.79 Å². The molecule has 5 nitrogen and oxygen atoms in total. The van der Waals surface area contributed by atoms with Crippen LogP contribution < -0.4 is 0 Å². The summed E-state index contributed by atoms with van der Waals surface area (Å²) in [7, 11) is 0. The van der Waals surface area contributed by atoms with Gasteiger partial charge >= 0.3 is 0 Å². The van der Waals surface area contributed by atoms with Crippen LogP contribution in [0.4, 0.5) is 0 Å². The molecule has 0 N–H and O–H groups in total. The number of aromatic nitrogens is 2. The molecule has 1 amide bonds. The van der Waals surface area contributed by atoms with Gasteiger partial charge in [-0.05, 0) is 25.0 Å². The molecule has 5 rings (SSSR count). The molecular formula is C21H17N3O2S. The minimum Gasteiger partial charge on any atom is -0.363 e. The van der Waals surface area contributed by atoms with E-state index in [9.17, 15) is 4.79 Å². The Labute approximate surface area is 160 Å². The van der Waals surface area contributed by atoms with Crippen LogP contribution in [0.5, 0.6) is 0 Å². The molecule has 1 saturated heterocycles. The zero-order valence-corrected chi connectivity index (χ0v) is 15.4. The molecule has 0 spiro atoms. The number of carbonyl (C=O) groups is 1. The lowest BCUT2D eigenvalue weighted by Gasteiger charge is -2.22. The van der Waals surface area contributed by atoms with Gasteiger partial charge in [-0.1, -0.05) is 47.6 Å². The Morgan fingerprint density at radius 1 is 1.11 bits per heavy atom. The van der Waals surface area contributed by atoms with Gasteiger partial charge in [0.2, 0.25) is 0 Å². The van der Waals surface area contributed by atoms with Gasteiger partial charge in [-0.25, -0.2) is 4.98 Å². The van der Waals surface area contributed by atoms with Crippen molar-refractivity contribution in [3.05, 3.63) is 71.4 Å². The van der Waals surface area contributed by atoms with Crippen molar-refractivity contribution >= 4 is 27.5 Å². The fourth-order valence-corrected chi connectivity index (χ4v) is 4.76. The molecule has 0 aliphatic carbocycles.